The molecule has 1 fully saturated rings. The van der Waals surface area contributed by atoms with Crippen LogP contribution < -0.4 is 5.73 Å². The Labute approximate surface area is 113 Å². The summed E-state index contributed by atoms with van der Waals surface area (Å²) in [5.74, 6) is -0.693. The number of benzene rings is 1. The second-order valence-corrected chi connectivity index (χ2v) is 7.04. The van der Waals surface area contributed by atoms with Crippen LogP contribution in [0.25, 0.3) is 0 Å². The molecule has 1 aliphatic rings. The van der Waals surface area contributed by atoms with E-state index in [0.29, 0.717) is 24.9 Å². The molecule has 0 amide bonds. The maximum atomic E-state index is 13.9. The lowest BCUT2D eigenvalue weighted by Crippen LogP contribution is -2.48. The largest absolute Gasteiger partial charge is 0.328 e. The quantitative estimate of drug-likeness (QED) is 0.899. The number of nitrogens with zero attached hydrogens (tertiary/aromatic N) is 1. The van der Waals surface area contributed by atoms with Gasteiger partial charge in [0.2, 0.25) is 10.0 Å². The smallest absolute Gasteiger partial charge is 0.246 e. The lowest BCUT2D eigenvalue weighted by molar-refractivity contribution is 0.246. The molecule has 0 aliphatic carbocycles. The number of halogens is 1. The van der Waals surface area contributed by atoms with Gasteiger partial charge in [0, 0.05) is 18.6 Å². The average molecular weight is 286 g/mol. The molecule has 0 saturated carbocycles. The summed E-state index contributed by atoms with van der Waals surface area (Å²) in [4.78, 5) is -0.250. The second kappa shape index (κ2) is 5.19. The molecule has 1 saturated heterocycles. The molecule has 0 radical (unpaired) electrons. The van der Waals surface area contributed by atoms with Crippen molar-refractivity contribution in [2.45, 2.75) is 43.7 Å². The molecule has 1 heterocycles. The van der Waals surface area contributed by atoms with Crippen LogP contribution in [0.3, 0.4) is 0 Å². The third-order valence-corrected chi connectivity index (χ3v) is 5.58. The minimum Gasteiger partial charge on any atom is -0.328 e. The molecule has 1 aromatic rings. The SMILES string of the molecule is Cc1ccc(S(=O)(=O)N2CC[C@H](N)C[C@@H]2C)c(F)c1. The van der Waals surface area contributed by atoms with Crippen LogP contribution in [0.4, 0.5) is 4.39 Å². The fraction of sp³-hybridized carbons (Fsp3) is 0.538. The van der Waals surface area contributed by atoms with Gasteiger partial charge in [0.05, 0.1) is 0 Å². The molecular formula is C13H19FN2O2S. The first-order valence-electron chi connectivity index (χ1n) is 6.36. The van der Waals surface area contributed by atoms with Crippen LogP contribution in [0.15, 0.2) is 23.1 Å². The fourth-order valence-corrected chi connectivity index (χ4v) is 4.19. The zero-order chi connectivity index (χ0) is 14.2. The lowest BCUT2D eigenvalue weighted by Gasteiger charge is -2.35. The minimum absolute atomic E-state index is 0.0179. The summed E-state index contributed by atoms with van der Waals surface area (Å²) in [7, 11) is -3.78. The van der Waals surface area contributed by atoms with Gasteiger partial charge >= 0.3 is 0 Å². The molecule has 2 rings (SSSR count). The van der Waals surface area contributed by atoms with Gasteiger partial charge in [0.1, 0.15) is 10.7 Å². The van der Waals surface area contributed by atoms with E-state index >= 15 is 0 Å². The number of rotatable bonds is 2. The van der Waals surface area contributed by atoms with Crippen molar-refractivity contribution >= 4 is 10.0 Å². The van der Waals surface area contributed by atoms with E-state index in [2.05, 4.69) is 0 Å². The Bertz CT molecular complexity index is 574. The van der Waals surface area contributed by atoms with E-state index in [0.717, 1.165) is 0 Å². The van der Waals surface area contributed by atoms with Gasteiger partial charge in [-0.3, -0.25) is 0 Å². The Hall–Kier alpha value is -0.980. The molecule has 106 valence electrons. The summed E-state index contributed by atoms with van der Waals surface area (Å²) in [6.45, 7) is 3.88. The van der Waals surface area contributed by atoms with Crippen molar-refractivity contribution in [2.24, 2.45) is 5.73 Å². The van der Waals surface area contributed by atoms with Crippen LogP contribution in [-0.4, -0.2) is 31.4 Å². The lowest BCUT2D eigenvalue weighted by atomic mass is 10.0. The molecule has 2 N–H and O–H groups in total. The van der Waals surface area contributed by atoms with Gasteiger partial charge in [-0.15, -0.1) is 0 Å². The van der Waals surface area contributed by atoms with E-state index in [9.17, 15) is 12.8 Å². The van der Waals surface area contributed by atoms with Gasteiger partial charge in [-0.25, -0.2) is 12.8 Å². The van der Waals surface area contributed by atoms with Gasteiger partial charge in [-0.2, -0.15) is 4.31 Å². The predicted octanol–water partition coefficient (Wildman–Crippen LogP) is 1.63. The highest BCUT2D eigenvalue weighted by Gasteiger charge is 2.34. The molecule has 1 aromatic carbocycles. The van der Waals surface area contributed by atoms with Crippen LogP contribution in [0.1, 0.15) is 25.3 Å². The number of hydrogen-bond donors (Lipinski definition) is 1. The molecule has 0 bridgehead atoms. The summed E-state index contributed by atoms with van der Waals surface area (Å²) >= 11 is 0. The molecule has 0 spiro atoms. The molecule has 0 unspecified atom stereocenters. The highest BCUT2D eigenvalue weighted by Crippen LogP contribution is 2.26. The zero-order valence-electron chi connectivity index (χ0n) is 11.1. The van der Waals surface area contributed by atoms with Crippen LogP contribution in [0.5, 0.6) is 0 Å². The van der Waals surface area contributed by atoms with E-state index in [1.54, 1.807) is 13.0 Å². The summed E-state index contributed by atoms with van der Waals surface area (Å²) in [5.41, 5.74) is 6.52. The normalized spacial score (nSPS) is 25.5. The van der Waals surface area contributed by atoms with Gasteiger partial charge in [-0.1, -0.05) is 6.07 Å². The molecule has 19 heavy (non-hydrogen) atoms. The number of aryl methyl sites for hydroxylation is 1. The van der Waals surface area contributed by atoms with Crippen LogP contribution in [-0.2, 0) is 10.0 Å². The van der Waals surface area contributed by atoms with E-state index in [4.69, 9.17) is 5.73 Å². The first-order chi connectivity index (χ1) is 8.82. The van der Waals surface area contributed by atoms with E-state index in [-0.39, 0.29) is 17.0 Å². The Morgan fingerprint density at radius 1 is 1.42 bits per heavy atom. The molecular weight excluding hydrogens is 267 g/mol. The number of sulfonamides is 1. The molecule has 2 atom stereocenters. The fourth-order valence-electron chi connectivity index (χ4n) is 2.49. The minimum atomic E-state index is -3.78. The topological polar surface area (TPSA) is 63.4 Å². The maximum absolute atomic E-state index is 13.9. The summed E-state index contributed by atoms with van der Waals surface area (Å²) in [6.07, 6.45) is 1.21. The summed E-state index contributed by atoms with van der Waals surface area (Å²) in [5, 5.41) is 0. The number of nitrogens with two attached hydrogens (primary N) is 1. The first kappa shape index (κ1) is 14.4. The van der Waals surface area contributed by atoms with Crippen molar-refractivity contribution in [3.8, 4) is 0 Å². The highest BCUT2D eigenvalue weighted by atomic mass is 32.2. The van der Waals surface area contributed by atoms with Crippen molar-refractivity contribution in [3.05, 3.63) is 29.6 Å². The average Bonchev–Trinajstić information content (AvgIpc) is 2.27. The Morgan fingerprint density at radius 3 is 2.68 bits per heavy atom. The van der Waals surface area contributed by atoms with Crippen LogP contribution in [0.2, 0.25) is 0 Å². The molecule has 1 aliphatic heterocycles. The van der Waals surface area contributed by atoms with Gasteiger partial charge < -0.3 is 5.73 Å². The van der Waals surface area contributed by atoms with Gasteiger partial charge in [0.25, 0.3) is 0 Å². The second-order valence-electron chi connectivity index (χ2n) is 5.18. The van der Waals surface area contributed by atoms with Crippen molar-refractivity contribution in [1.82, 2.24) is 4.31 Å². The molecule has 6 heteroatoms. The van der Waals surface area contributed by atoms with Gasteiger partial charge in [0.15, 0.2) is 0 Å². The van der Waals surface area contributed by atoms with Crippen molar-refractivity contribution < 1.29 is 12.8 Å². The zero-order valence-corrected chi connectivity index (χ0v) is 12.0. The summed E-state index contributed by atoms with van der Waals surface area (Å²) in [6, 6.07) is 4.00. The number of piperidine rings is 1. The highest BCUT2D eigenvalue weighted by molar-refractivity contribution is 7.89. The van der Waals surface area contributed by atoms with E-state index in [1.165, 1.54) is 16.4 Å². The standard InChI is InChI=1S/C13H19FN2O2S/c1-9-3-4-13(12(14)7-9)19(17,18)16-6-5-11(15)8-10(16)2/h3-4,7,10-11H,5-6,8,15H2,1-2H3/t10-,11-/m0/s1. The Morgan fingerprint density at radius 2 is 2.11 bits per heavy atom. The van der Waals surface area contributed by atoms with E-state index in [1.807, 2.05) is 6.92 Å². The Kier molecular flexibility index (Phi) is 3.94. The van der Waals surface area contributed by atoms with Crippen molar-refractivity contribution in [2.75, 3.05) is 6.54 Å². The first-order valence-corrected chi connectivity index (χ1v) is 7.80. The summed E-state index contributed by atoms with van der Waals surface area (Å²) < 4.78 is 40.2. The van der Waals surface area contributed by atoms with Crippen LogP contribution >= 0.6 is 0 Å². The van der Waals surface area contributed by atoms with Crippen molar-refractivity contribution in [3.63, 3.8) is 0 Å². The third-order valence-electron chi connectivity index (χ3n) is 3.53. The monoisotopic (exact) mass is 286 g/mol. The van der Waals surface area contributed by atoms with Crippen LogP contribution in [0, 0.1) is 12.7 Å². The number of hydrogen-bond acceptors (Lipinski definition) is 3. The predicted molar refractivity (Wildman–Crippen MR) is 71.7 cm³/mol. The molecule has 4 nitrogen and oxygen atoms in total. The van der Waals surface area contributed by atoms with Crippen molar-refractivity contribution in [1.29, 1.82) is 0 Å². The third kappa shape index (κ3) is 2.80. The molecule has 0 aromatic heterocycles. The van der Waals surface area contributed by atoms with E-state index < -0.39 is 15.8 Å². The maximum Gasteiger partial charge on any atom is 0.246 e. The van der Waals surface area contributed by atoms with Gasteiger partial charge in [-0.05, 0) is 44.4 Å². The Balaban J connectivity index is 2.37.